The van der Waals surface area contributed by atoms with Crippen LogP contribution in [0.5, 0.6) is 0 Å². The van der Waals surface area contributed by atoms with E-state index in [2.05, 4.69) is 20.7 Å². The second-order valence-electron chi connectivity index (χ2n) is 2.95. The zero-order valence-electron chi connectivity index (χ0n) is 7.94. The molecule has 0 bridgehead atoms. The average Bonchev–Trinajstić information content (AvgIpc) is 2.04. The molecule has 5 nitrogen and oxygen atoms in total. The van der Waals surface area contributed by atoms with Crippen LogP contribution in [0.15, 0.2) is 27.6 Å². The highest BCUT2D eigenvalue weighted by Crippen LogP contribution is 2.27. The normalized spacial score (nSPS) is 12.4. The molecule has 90 valence electrons. The number of halogens is 2. The summed E-state index contributed by atoms with van der Waals surface area (Å²) in [4.78, 5) is -0.111. The molecule has 0 radical (unpaired) electrons. The Morgan fingerprint density at radius 2 is 1.81 bits per heavy atom. The first kappa shape index (κ1) is 13.8. The van der Waals surface area contributed by atoms with Crippen LogP contribution in [-0.2, 0) is 19.1 Å². The molecule has 0 aliphatic carbocycles. The zero-order chi connectivity index (χ0) is 12.6. The lowest BCUT2D eigenvalue weighted by molar-refractivity contribution is 0.606. The van der Waals surface area contributed by atoms with Gasteiger partial charge in [-0.05, 0) is 34.1 Å². The van der Waals surface area contributed by atoms with Crippen LogP contribution < -0.4 is 4.72 Å². The van der Waals surface area contributed by atoms with Crippen LogP contribution in [-0.4, -0.2) is 23.1 Å². The van der Waals surface area contributed by atoms with Crippen molar-refractivity contribution in [2.75, 3.05) is 11.0 Å². The molecule has 0 aromatic heterocycles. The van der Waals surface area contributed by atoms with Gasteiger partial charge in [0.2, 0.25) is 10.0 Å². The maximum atomic E-state index is 11.0. The van der Waals surface area contributed by atoms with E-state index in [0.29, 0.717) is 4.47 Å². The second-order valence-corrected chi connectivity index (χ2v) is 8.12. The van der Waals surface area contributed by atoms with Crippen LogP contribution in [0, 0.1) is 0 Å². The number of benzene rings is 1. The molecule has 1 aromatic carbocycles. The van der Waals surface area contributed by atoms with Crippen LogP contribution in [0.4, 0.5) is 5.69 Å². The molecule has 1 rings (SSSR count). The molecule has 0 heterocycles. The Bertz CT molecular complexity index is 611. The average molecular weight is 349 g/mol. The van der Waals surface area contributed by atoms with E-state index in [4.69, 9.17) is 10.7 Å². The molecule has 0 saturated heterocycles. The smallest absolute Gasteiger partial charge is 0.261 e. The summed E-state index contributed by atoms with van der Waals surface area (Å²) in [5, 5.41) is 0. The quantitative estimate of drug-likeness (QED) is 0.844. The number of hydrogen-bond acceptors (Lipinski definition) is 4. The van der Waals surface area contributed by atoms with Gasteiger partial charge >= 0.3 is 0 Å². The summed E-state index contributed by atoms with van der Waals surface area (Å²) in [6.07, 6.45) is 0.992. The Hall–Kier alpha value is -0.310. The number of sulfonamides is 1. The molecule has 0 aliphatic heterocycles. The van der Waals surface area contributed by atoms with Crippen molar-refractivity contribution in [1.29, 1.82) is 0 Å². The molecule has 0 saturated carbocycles. The van der Waals surface area contributed by atoms with E-state index in [0.717, 1.165) is 6.26 Å². The molecule has 0 amide bonds. The van der Waals surface area contributed by atoms with Gasteiger partial charge < -0.3 is 0 Å². The maximum absolute atomic E-state index is 11.0. The van der Waals surface area contributed by atoms with Crippen LogP contribution in [0.3, 0.4) is 0 Å². The van der Waals surface area contributed by atoms with Crippen molar-refractivity contribution in [1.82, 2.24) is 0 Å². The first-order chi connectivity index (χ1) is 7.09. The van der Waals surface area contributed by atoms with Gasteiger partial charge in [-0.2, -0.15) is 0 Å². The van der Waals surface area contributed by atoms with E-state index in [1.165, 1.54) is 18.2 Å². The molecule has 1 aromatic rings. The lowest BCUT2D eigenvalue weighted by Gasteiger charge is -2.07. The molecule has 1 N–H and O–H groups in total. The fourth-order valence-corrected chi connectivity index (χ4v) is 3.05. The minimum atomic E-state index is -3.82. The molecule has 0 atom stereocenters. The first-order valence-electron chi connectivity index (χ1n) is 3.81. The van der Waals surface area contributed by atoms with Crippen LogP contribution in [0.25, 0.3) is 0 Å². The Morgan fingerprint density at radius 3 is 2.19 bits per heavy atom. The molecule has 16 heavy (non-hydrogen) atoms. The van der Waals surface area contributed by atoms with E-state index >= 15 is 0 Å². The molecule has 9 heteroatoms. The SMILES string of the molecule is CS(=O)(=O)Nc1ccc(S(=O)(=O)Cl)cc1Br. The predicted molar refractivity (Wildman–Crippen MR) is 65.6 cm³/mol. The Labute approximate surface area is 106 Å². The summed E-state index contributed by atoms with van der Waals surface area (Å²) in [6.45, 7) is 0. The van der Waals surface area contributed by atoms with E-state index in [1.807, 2.05) is 0 Å². The highest BCUT2D eigenvalue weighted by molar-refractivity contribution is 9.10. The fraction of sp³-hybridized carbons (Fsp3) is 0.143. The summed E-state index contributed by atoms with van der Waals surface area (Å²) in [5.74, 6) is 0. The Morgan fingerprint density at radius 1 is 1.25 bits per heavy atom. The van der Waals surface area contributed by atoms with Crippen LogP contribution in [0.1, 0.15) is 0 Å². The predicted octanol–water partition coefficient (Wildman–Crippen LogP) is 1.75. The van der Waals surface area contributed by atoms with Crippen molar-refractivity contribution < 1.29 is 16.8 Å². The van der Waals surface area contributed by atoms with Gasteiger partial charge in [0.05, 0.1) is 16.8 Å². The minimum absolute atomic E-state index is 0.111. The largest absolute Gasteiger partial charge is 0.283 e. The topological polar surface area (TPSA) is 80.3 Å². The number of rotatable bonds is 3. The van der Waals surface area contributed by atoms with E-state index < -0.39 is 19.1 Å². The third kappa shape index (κ3) is 3.93. The lowest BCUT2D eigenvalue weighted by Crippen LogP contribution is -2.10. The van der Waals surface area contributed by atoms with Gasteiger partial charge in [-0.15, -0.1) is 0 Å². The van der Waals surface area contributed by atoms with Gasteiger partial charge in [0, 0.05) is 15.2 Å². The van der Waals surface area contributed by atoms with Gasteiger partial charge in [0.15, 0.2) is 0 Å². The van der Waals surface area contributed by atoms with Crippen molar-refractivity contribution in [2.24, 2.45) is 0 Å². The van der Waals surface area contributed by atoms with Gasteiger partial charge in [-0.25, -0.2) is 16.8 Å². The van der Waals surface area contributed by atoms with Crippen molar-refractivity contribution in [3.05, 3.63) is 22.7 Å². The first-order valence-corrected chi connectivity index (χ1v) is 8.81. The maximum Gasteiger partial charge on any atom is 0.261 e. The van der Waals surface area contributed by atoms with Crippen molar-refractivity contribution >= 4 is 51.4 Å². The van der Waals surface area contributed by atoms with Gasteiger partial charge in [-0.1, -0.05) is 0 Å². The van der Waals surface area contributed by atoms with Crippen molar-refractivity contribution in [3.63, 3.8) is 0 Å². The zero-order valence-corrected chi connectivity index (χ0v) is 11.9. The standard InChI is InChI=1S/C7H7BrClNO4S2/c1-15(11,12)10-7-3-2-5(4-6(7)8)16(9,13)14/h2-4,10H,1H3. The molecule has 0 unspecified atom stereocenters. The Kier molecular flexibility index (Phi) is 3.88. The number of nitrogens with one attached hydrogen (secondary N) is 1. The van der Waals surface area contributed by atoms with Crippen molar-refractivity contribution in [2.45, 2.75) is 4.90 Å². The summed E-state index contributed by atoms with van der Waals surface area (Å²) in [5.41, 5.74) is 0.242. The Balaban J connectivity index is 3.21. The van der Waals surface area contributed by atoms with Crippen molar-refractivity contribution in [3.8, 4) is 0 Å². The molecule has 0 aliphatic rings. The van der Waals surface area contributed by atoms with Gasteiger partial charge in [-0.3, -0.25) is 4.72 Å². The molecular weight excluding hydrogens is 342 g/mol. The molecular formula is C7H7BrClNO4S2. The third-order valence-electron chi connectivity index (χ3n) is 1.52. The fourth-order valence-electron chi connectivity index (χ4n) is 0.930. The summed E-state index contributed by atoms with van der Waals surface area (Å²) >= 11 is 3.04. The van der Waals surface area contributed by atoms with Crippen LogP contribution in [0.2, 0.25) is 0 Å². The monoisotopic (exact) mass is 347 g/mol. The molecule has 0 spiro atoms. The summed E-state index contributed by atoms with van der Waals surface area (Å²) in [7, 11) is -2.10. The lowest BCUT2D eigenvalue weighted by atomic mass is 10.3. The third-order valence-corrected chi connectivity index (χ3v) is 4.12. The van der Waals surface area contributed by atoms with Gasteiger partial charge in [0.1, 0.15) is 0 Å². The second kappa shape index (κ2) is 4.52. The van der Waals surface area contributed by atoms with E-state index in [-0.39, 0.29) is 10.6 Å². The van der Waals surface area contributed by atoms with Gasteiger partial charge in [0.25, 0.3) is 9.05 Å². The van der Waals surface area contributed by atoms with Crippen LogP contribution >= 0.6 is 26.6 Å². The highest BCUT2D eigenvalue weighted by Gasteiger charge is 2.13. The summed E-state index contributed by atoms with van der Waals surface area (Å²) in [6, 6.07) is 3.73. The number of hydrogen-bond donors (Lipinski definition) is 1. The van der Waals surface area contributed by atoms with E-state index in [9.17, 15) is 16.8 Å². The highest BCUT2D eigenvalue weighted by atomic mass is 79.9. The minimum Gasteiger partial charge on any atom is -0.283 e. The van der Waals surface area contributed by atoms with E-state index in [1.54, 1.807) is 0 Å². The number of anilines is 1. The summed E-state index contributed by atoms with van der Waals surface area (Å²) < 4.78 is 46.4. The molecule has 0 fully saturated rings.